The van der Waals surface area contributed by atoms with Gasteiger partial charge >= 0.3 is 0 Å². The van der Waals surface area contributed by atoms with Crippen molar-refractivity contribution < 1.29 is 9.59 Å². The Labute approximate surface area is 184 Å². The lowest BCUT2D eigenvalue weighted by atomic mass is 9.71. The lowest BCUT2D eigenvalue weighted by molar-refractivity contribution is -0.160. The number of amides is 2. The molecule has 0 saturated carbocycles. The number of pyridine rings is 1. The van der Waals surface area contributed by atoms with E-state index >= 15 is 0 Å². The second-order valence-corrected chi connectivity index (χ2v) is 10.1. The smallest absolute Gasteiger partial charge is 0.243 e. The van der Waals surface area contributed by atoms with Crippen LogP contribution in [0.2, 0.25) is 0 Å². The van der Waals surface area contributed by atoms with Gasteiger partial charge in [0.1, 0.15) is 6.04 Å². The molecule has 0 aliphatic carbocycles. The number of hydrogen-bond acceptors (Lipinski definition) is 5. The molecule has 0 aromatic carbocycles. The maximum Gasteiger partial charge on any atom is 0.243 e. The molecule has 164 valence electrons. The number of nitrogens with zero attached hydrogens (tertiary/aromatic N) is 3. The first-order chi connectivity index (χ1) is 14.6. The first-order valence-electron chi connectivity index (χ1n) is 11.3. The van der Waals surface area contributed by atoms with E-state index in [1.54, 1.807) is 6.20 Å². The Morgan fingerprint density at radius 3 is 2.97 bits per heavy atom. The Bertz CT molecular complexity index is 773. The number of likely N-dealkylation sites (tertiary alicyclic amines) is 1. The van der Waals surface area contributed by atoms with E-state index < -0.39 is 0 Å². The summed E-state index contributed by atoms with van der Waals surface area (Å²) in [6.07, 6.45) is 8.77. The van der Waals surface area contributed by atoms with E-state index in [0.717, 1.165) is 50.2 Å². The van der Waals surface area contributed by atoms with Crippen molar-refractivity contribution in [1.82, 2.24) is 20.1 Å². The van der Waals surface area contributed by atoms with Gasteiger partial charge in [0.15, 0.2) is 0 Å². The van der Waals surface area contributed by atoms with Gasteiger partial charge in [-0.15, -0.1) is 0 Å². The Morgan fingerprint density at radius 2 is 2.17 bits per heavy atom. The van der Waals surface area contributed by atoms with Gasteiger partial charge < -0.3 is 15.1 Å². The molecule has 1 aromatic rings. The van der Waals surface area contributed by atoms with Crippen molar-refractivity contribution in [1.29, 1.82) is 0 Å². The summed E-state index contributed by atoms with van der Waals surface area (Å²) in [7, 11) is 0. The molecule has 3 saturated heterocycles. The summed E-state index contributed by atoms with van der Waals surface area (Å²) in [4.78, 5) is 35.1. The second-order valence-electron chi connectivity index (χ2n) is 9.09. The number of fused-ring (bicyclic) bond motifs is 4. The van der Waals surface area contributed by atoms with Crippen molar-refractivity contribution in [2.75, 3.05) is 31.6 Å². The highest BCUT2D eigenvalue weighted by Crippen LogP contribution is 2.41. The van der Waals surface area contributed by atoms with E-state index in [1.165, 1.54) is 12.2 Å². The minimum absolute atomic E-state index is 0.0131. The fourth-order valence-electron chi connectivity index (χ4n) is 5.71. The topological polar surface area (TPSA) is 65.5 Å². The molecule has 3 aliphatic heterocycles. The van der Waals surface area contributed by atoms with Gasteiger partial charge in [0.05, 0.1) is 0 Å². The molecule has 3 fully saturated rings. The van der Waals surface area contributed by atoms with Gasteiger partial charge in [-0.05, 0) is 74.8 Å². The molecule has 2 amide bonds. The van der Waals surface area contributed by atoms with Crippen LogP contribution in [-0.4, -0.2) is 70.3 Å². The molecule has 4 atom stereocenters. The highest BCUT2D eigenvalue weighted by atomic mass is 32.2. The average Bonchev–Trinajstić information content (AvgIpc) is 2.73. The maximum absolute atomic E-state index is 13.4. The number of nitrogens with one attached hydrogen (secondary N) is 1. The SMILES string of the molecule is CSCCCN1C[C@H]2C[C@@H](C1)[C@H](C(=O)NCc1ccnc(C)c1)N1C(=O)CCC[C@@H]21. The first-order valence-corrected chi connectivity index (χ1v) is 12.7. The maximum atomic E-state index is 13.4. The molecule has 1 N–H and O–H groups in total. The molecule has 4 rings (SSSR count). The van der Waals surface area contributed by atoms with E-state index in [2.05, 4.69) is 21.5 Å². The van der Waals surface area contributed by atoms with Crippen LogP contribution in [0.25, 0.3) is 0 Å². The fraction of sp³-hybridized carbons (Fsp3) is 0.696. The minimum Gasteiger partial charge on any atom is -0.350 e. The third-order valence-corrected chi connectivity index (χ3v) is 7.63. The van der Waals surface area contributed by atoms with Crippen LogP contribution < -0.4 is 5.32 Å². The first kappa shape index (κ1) is 21.6. The standard InChI is InChI=1S/C23H34N4O2S/c1-16-11-17(7-8-24-16)13-25-23(29)22-19-12-18(14-26(15-19)9-4-10-30-2)20-5-3-6-21(28)27(20)22/h7-8,11,18-20,22H,3-6,9-10,12-15H2,1-2H3,(H,25,29)/t18-,19+,20+,22-/m1/s1. The molecular weight excluding hydrogens is 396 g/mol. The van der Waals surface area contributed by atoms with Crippen molar-refractivity contribution in [2.45, 2.75) is 57.7 Å². The molecule has 3 aliphatic rings. The van der Waals surface area contributed by atoms with E-state index in [9.17, 15) is 9.59 Å². The summed E-state index contributed by atoms with van der Waals surface area (Å²) < 4.78 is 0. The van der Waals surface area contributed by atoms with E-state index in [-0.39, 0.29) is 29.8 Å². The summed E-state index contributed by atoms with van der Waals surface area (Å²) >= 11 is 1.89. The van der Waals surface area contributed by atoms with E-state index in [4.69, 9.17) is 0 Å². The fourth-order valence-corrected chi connectivity index (χ4v) is 6.13. The zero-order valence-electron chi connectivity index (χ0n) is 18.2. The molecule has 7 heteroatoms. The van der Waals surface area contributed by atoms with Crippen LogP contribution in [0, 0.1) is 18.8 Å². The minimum atomic E-state index is -0.328. The summed E-state index contributed by atoms with van der Waals surface area (Å²) in [5.74, 6) is 2.11. The Kier molecular flexibility index (Phi) is 6.98. The van der Waals surface area contributed by atoms with Crippen LogP contribution in [0.3, 0.4) is 0 Å². The molecular formula is C23H34N4O2S. The third kappa shape index (κ3) is 4.67. The largest absolute Gasteiger partial charge is 0.350 e. The molecule has 2 bridgehead atoms. The highest BCUT2D eigenvalue weighted by Gasteiger charge is 2.51. The lowest BCUT2D eigenvalue weighted by Gasteiger charge is -2.56. The van der Waals surface area contributed by atoms with Crippen LogP contribution in [0.5, 0.6) is 0 Å². The lowest BCUT2D eigenvalue weighted by Crippen LogP contribution is -2.68. The normalized spacial score (nSPS) is 28.9. The van der Waals surface area contributed by atoms with Gasteiger partial charge in [0, 0.05) is 49.9 Å². The van der Waals surface area contributed by atoms with Crippen LogP contribution in [0.1, 0.15) is 43.4 Å². The summed E-state index contributed by atoms with van der Waals surface area (Å²) in [6.45, 7) is 5.53. The summed E-state index contributed by atoms with van der Waals surface area (Å²) in [6, 6.07) is 3.84. The molecule has 4 heterocycles. The van der Waals surface area contributed by atoms with Crippen molar-refractivity contribution in [3.63, 3.8) is 0 Å². The van der Waals surface area contributed by atoms with Crippen molar-refractivity contribution in [2.24, 2.45) is 11.8 Å². The average molecular weight is 431 g/mol. The number of carbonyl (C=O) groups excluding carboxylic acids is 2. The van der Waals surface area contributed by atoms with Gasteiger partial charge in [-0.1, -0.05) is 0 Å². The molecule has 0 radical (unpaired) electrons. The van der Waals surface area contributed by atoms with Crippen LogP contribution in [-0.2, 0) is 16.1 Å². The van der Waals surface area contributed by atoms with Crippen LogP contribution in [0.4, 0.5) is 0 Å². The predicted octanol–water partition coefficient (Wildman–Crippen LogP) is 2.46. The van der Waals surface area contributed by atoms with Gasteiger partial charge in [-0.2, -0.15) is 11.8 Å². The molecule has 0 unspecified atom stereocenters. The number of aryl methyl sites for hydroxylation is 1. The van der Waals surface area contributed by atoms with Crippen LogP contribution in [0.15, 0.2) is 18.3 Å². The van der Waals surface area contributed by atoms with E-state index in [0.29, 0.717) is 18.9 Å². The number of hydrogen-bond donors (Lipinski definition) is 1. The van der Waals surface area contributed by atoms with Gasteiger partial charge in [-0.25, -0.2) is 0 Å². The van der Waals surface area contributed by atoms with Gasteiger partial charge in [0.25, 0.3) is 0 Å². The molecule has 0 spiro atoms. The number of thioether (sulfide) groups is 1. The number of piperidine rings is 3. The monoisotopic (exact) mass is 430 g/mol. The second kappa shape index (κ2) is 9.69. The number of aromatic nitrogens is 1. The van der Waals surface area contributed by atoms with Crippen molar-refractivity contribution >= 4 is 23.6 Å². The zero-order valence-corrected chi connectivity index (χ0v) is 19.0. The Balaban J connectivity index is 1.49. The zero-order chi connectivity index (χ0) is 21.1. The van der Waals surface area contributed by atoms with Gasteiger partial charge in [0.2, 0.25) is 11.8 Å². The Morgan fingerprint density at radius 1 is 1.33 bits per heavy atom. The molecule has 30 heavy (non-hydrogen) atoms. The quantitative estimate of drug-likeness (QED) is 0.673. The van der Waals surface area contributed by atoms with E-state index in [1.807, 2.05) is 35.7 Å². The number of rotatable bonds is 7. The molecule has 1 aromatic heterocycles. The van der Waals surface area contributed by atoms with Crippen LogP contribution >= 0.6 is 11.8 Å². The predicted molar refractivity (Wildman–Crippen MR) is 120 cm³/mol. The summed E-state index contributed by atoms with van der Waals surface area (Å²) in [5.41, 5.74) is 2.00. The highest BCUT2D eigenvalue weighted by molar-refractivity contribution is 7.98. The summed E-state index contributed by atoms with van der Waals surface area (Å²) in [5, 5.41) is 3.14. The van der Waals surface area contributed by atoms with Gasteiger partial charge in [-0.3, -0.25) is 14.6 Å². The third-order valence-electron chi connectivity index (χ3n) is 6.94. The number of carbonyl (C=O) groups is 2. The molecule has 6 nitrogen and oxygen atoms in total. The van der Waals surface area contributed by atoms with Crippen molar-refractivity contribution in [3.05, 3.63) is 29.6 Å². The van der Waals surface area contributed by atoms with Crippen molar-refractivity contribution in [3.8, 4) is 0 Å². The Hall–Kier alpha value is -1.60.